The van der Waals surface area contributed by atoms with Gasteiger partial charge in [0.05, 0.1) is 6.33 Å². The molecule has 1 aromatic rings. The summed E-state index contributed by atoms with van der Waals surface area (Å²) >= 11 is 0. The van der Waals surface area contributed by atoms with E-state index in [-0.39, 0.29) is 24.0 Å². The number of guanidine groups is 1. The van der Waals surface area contributed by atoms with Crippen molar-refractivity contribution in [1.82, 2.24) is 20.2 Å². The second-order valence-electron chi connectivity index (χ2n) is 4.48. The molecule has 0 amide bonds. The van der Waals surface area contributed by atoms with Gasteiger partial charge in [0.25, 0.3) is 0 Å². The molecule has 2 N–H and O–H groups in total. The van der Waals surface area contributed by atoms with Gasteiger partial charge in [-0.1, -0.05) is 13.8 Å². The van der Waals surface area contributed by atoms with Gasteiger partial charge in [-0.05, 0) is 12.8 Å². The van der Waals surface area contributed by atoms with Crippen LogP contribution in [0.25, 0.3) is 0 Å². The van der Waals surface area contributed by atoms with Crippen molar-refractivity contribution in [2.24, 2.45) is 10.9 Å². The van der Waals surface area contributed by atoms with Crippen molar-refractivity contribution < 1.29 is 0 Å². The number of imidazole rings is 1. The van der Waals surface area contributed by atoms with Crippen molar-refractivity contribution in [2.75, 3.05) is 13.6 Å². The molecular formula is C12H24IN5. The van der Waals surface area contributed by atoms with Crippen LogP contribution >= 0.6 is 24.0 Å². The van der Waals surface area contributed by atoms with E-state index < -0.39 is 0 Å². The molecule has 0 spiro atoms. The molecule has 0 bridgehead atoms. The SMILES string of the molecule is CN=C(NCCn1ccnc1)NC(C)C(C)C.I. The molecule has 5 nitrogen and oxygen atoms in total. The highest BCUT2D eigenvalue weighted by atomic mass is 127. The molecule has 0 fully saturated rings. The van der Waals surface area contributed by atoms with Crippen molar-refractivity contribution in [3.8, 4) is 0 Å². The second kappa shape index (κ2) is 9.18. The third-order valence-electron chi connectivity index (χ3n) is 2.81. The Kier molecular flexibility index (Phi) is 8.78. The number of hydrogen-bond donors (Lipinski definition) is 2. The minimum atomic E-state index is 0. The summed E-state index contributed by atoms with van der Waals surface area (Å²) in [7, 11) is 1.79. The fourth-order valence-electron chi connectivity index (χ4n) is 1.30. The Morgan fingerprint density at radius 3 is 2.61 bits per heavy atom. The molecule has 0 aliphatic rings. The molecule has 1 heterocycles. The predicted octanol–water partition coefficient (Wildman–Crippen LogP) is 1.71. The Bertz CT molecular complexity index is 334. The third-order valence-corrected chi connectivity index (χ3v) is 2.81. The molecule has 1 rings (SSSR count). The van der Waals surface area contributed by atoms with Crippen LogP contribution in [0.4, 0.5) is 0 Å². The molecule has 1 atom stereocenters. The summed E-state index contributed by atoms with van der Waals surface area (Å²) in [5.41, 5.74) is 0. The summed E-state index contributed by atoms with van der Waals surface area (Å²) in [5.74, 6) is 1.44. The van der Waals surface area contributed by atoms with Crippen LogP contribution in [0.5, 0.6) is 0 Å². The van der Waals surface area contributed by atoms with Crippen molar-refractivity contribution in [3.63, 3.8) is 0 Å². The average Bonchev–Trinajstić information content (AvgIpc) is 2.80. The van der Waals surface area contributed by atoms with Gasteiger partial charge < -0.3 is 15.2 Å². The number of aromatic nitrogens is 2. The lowest BCUT2D eigenvalue weighted by Crippen LogP contribution is -2.45. The molecule has 1 unspecified atom stereocenters. The largest absolute Gasteiger partial charge is 0.355 e. The highest BCUT2D eigenvalue weighted by Crippen LogP contribution is 1.98. The summed E-state index contributed by atoms with van der Waals surface area (Å²) in [4.78, 5) is 8.20. The van der Waals surface area contributed by atoms with E-state index in [0.29, 0.717) is 12.0 Å². The molecule has 18 heavy (non-hydrogen) atoms. The number of rotatable bonds is 5. The van der Waals surface area contributed by atoms with Gasteiger partial charge in [-0.25, -0.2) is 4.98 Å². The first-order chi connectivity index (χ1) is 8.13. The van der Waals surface area contributed by atoms with Gasteiger partial charge in [0, 0.05) is 38.6 Å². The van der Waals surface area contributed by atoms with E-state index in [4.69, 9.17) is 0 Å². The molecule has 1 aromatic heterocycles. The van der Waals surface area contributed by atoms with Crippen molar-refractivity contribution in [1.29, 1.82) is 0 Å². The molecule has 0 radical (unpaired) electrons. The van der Waals surface area contributed by atoms with Crippen LogP contribution < -0.4 is 10.6 Å². The maximum atomic E-state index is 4.20. The first-order valence-corrected chi connectivity index (χ1v) is 6.06. The minimum absolute atomic E-state index is 0. The van der Waals surface area contributed by atoms with Gasteiger partial charge in [-0.15, -0.1) is 24.0 Å². The molecule has 0 aromatic carbocycles. The van der Waals surface area contributed by atoms with Crippen LogP contribution in [0.2, 0.25) is 0 Å². The number of aliphatic imine (C=N–C) groups is 1. The van der Waals surface area contributed by atoms with E-state index in [2.05, 4.69) is 41.4 Å². The normalized spacial score (nSPS) is 13.1. The first kappa shape index (κ1) is 17.2. The zero-order valence-corrected chi connectivity index (χ0v) is 13.9. The Balaban J connectivity index is 0.00000289. The van der Waals surface area contributed by atoms with Crippen LogP contribution in [-0.4, -0.2) is 35.1 Å². The molecule has 0 saturated carbocycles. The van der Waals surface area contributed by atoms with E-state index in [9.17, 15) is 0 Å². The molecule has 0 saturated heterocycles. The van der Waals surface area contributed by atoms with Crippen molar-refractivity contribution in [3.05, 3.63) is 18.7 Å². The number of nitrogens with zero attached hydrogens (tertiary/aromatic N) is 3. The third kappa shape index (κ3) is 6.23. The quantitative estimate of drug-likeness (QED) is 0.475. The summed E-state index contributed by atoms with van der Waals surface area (Å²) in [6.07, 6.45) is 5.55. The number of hydrogen-bond acceptors (Lipinski definition) is 2. The van der Waals surface area contributed by atoms with E-state index in [1.54, 1.807) is 13.2 Å². The van der Waals surface area contributed by atoms with E-state index in [1.165, 1.54) is 0 Å². The monoisotopic (exact) mass is 365 g/mol. The van der Waals surface area contributed by atoms with Crippen LogP contribution in [-0.2, 0) is 6.54 Å². The first-order valence-electron chi connectivity index (χ1n) is 6.06. The van der Waals surface area contributed by atoms with E-state index >= 15 is 0 Å². The molecular weight excluding hydrogens is 341 g/mol. The minimum Gasteiger partial charge on any atom is -0.355 e. The zero-order valence-electron chi connectivity index (χ0n) is 11.6. The topological polar surface area (TPSA) is 54.2 Å². The van der Waals surface area contributed by atoms with Crippen molar-refractivity contribution in [2.45, 2.75) is 33.4 Å². The molecule has 6 heteroatoms. The summed E-state index contributed by atoms with van der Waals surface area (Å²) < 4.78 is 2.03. The van der Waals surface area contributed by atoms with Crippen LogP contribution in [0, 0.1) is 5.92 Å². The van der Waals surface area contributed by atoms with E-state index in [1.807, 2.05) is 17.1 Å². The van der Waals surface area contributed by atoms with E-state index in [0.717, 1.165) is 19.0 Å². The smallest absolute Gasteiger partial charge is 0.191 e. The van der Waals surface area contributed by atoms with Gasteiger partial charge in [0.1, 0.15) is 0 Å². The maximum absolute atomic E-state index is 4.20. The molecule has 0 aliphatic carbocycles. The van der Waals surface area contributed by atoms with Gasteiger partial charge in [-0.3, -0.25) is 4.99 Å². The standard InChI is InChI=1S/C12H23N5.HI/c1-10(2)11(3)16-12(13-4)15-6-8-17-7-5-14-9-17;/h5,7,9-11H,6,8H2,1-4H3,(H2,13,15,16);1H. The zero-order chi connectivity index (χ0) is 12.7. The maximum Gasteiger partial charge on any atom is 0.191 e. The van der Waals surface area contributed by atoms with Crippen LogP contribution in [0.1, 0.15) is 20.8 Å². The van der Waals surface area contributed by atoms with Gasteiger partial charge in [0.2, 0.25) is 0 Å². The lowest BCUT2D eigenvalue weighted by molar-refractivity contribution is 0.480. The fraction of sp³-hybridized carbons (Fsp3) is 0.667. The molecule has 104 valence electrons. The van der Waals surface area contributed by atoms with Gasteiger partial charge in [-0.2, -0.15) is 0 Å². The Morgan fingerprint density at radius 1 is 1.39 bits per heavy atom. The fourth-order valence-corrected chi connectivity index (χ4v) is 1.30. The highest BCUT2D eigenvalue weighted by molar-refractivity contribution is 14.0. The highest BCUT2D eigenvalue weighted by Gasteiger charge is 2.08. The van der Waals surface area contributed by atoms with Crippen molar-refractivity contribution >= 4 is 29.9 Å². The van der Waals surface area contributed by atoms with Gasteiger partial charge >= 0.3 is 0 Å². The van der Waals surface area contributed by atoms with Gasteiger partial charge in [0.15, 0.2) is 5.96 Å². The average molecular weight is 365 g/mol. The Hall–Kier alpha value is -0.790. The number of halogens is 1. The Labute approximate surface area is 126 Å². The summed E-state index contributed by atoms with van der Waals surface area (Å²) in [6.45, 7) is 8.26. The van der Waals surface area contributed by atoms with Crippen LogP contribution in [0.15, 0.2) is 23.7 Å². The molecule has 0 aliphatic heterocycles. The Morgan fingerprint density at radius 2 is 2.11 bits per heavy atom. The second-order valence-corrected chi connectivity index (χ2v) is 4.48. The number of nitrogens with one attached hydrogen (secondary N) is 2. The summed E-state index contributed by atoms with van der Waals surface area (Å²) in [6, 6.07) is 0.412. The van der Waals surface area contributed by atoms with Crippen LogP contribution in [0.3, 0.4) is 0 Å². The summed E-state index contributed by atoms with van der Waals surface area (Å²) in [5, 5.41) is 6.64. The lowest BCUT2D eigenvalue weighted by atomic mass is 10.1. The predicted molar refractivity (Wildman–Crippen MR) is 86.4 cm³/mol. The lowest BCUT2D eigenvalue weighted by Gasteiger charge is -2.20.